The molecule has 31 heavy (non-hydrogen) atoms. The number of nitrogens with zero attached hydrogens (tertiary/aromatic N) is 2. The van der Waals surface area contributed by atoms with Crippen molar-refractivity contribution in [2.75, 3.05) is 37.7 Å². The first-order valence-electron chi connectivity index (χ1n) is 10.9. The van der Waals surface area contributed by atoms with Crippen molar-refractivity contribution < 1.29 is 56.7 Å². The van der Waals surface area contributed by atoms with Crippen molar-refractivity contribution in [2.24, 2.45) is 0 Å². The van der Waals surface area contributed by atoms with Crippen molar-refractivity contribution in [3.05, 3.63) is 71.8 Å². The Morgan fingerprint density at radius 1 is 1.19 bits per heavy atom. The van der Waals surface area contributed by atoms with Crippen molar-refractivity contribution in [1.29, 1.82) is 5.26 Å². The third-order valence-electron chi connectivity index (χ3n) is 5.35. The van der Waals surface area contributed by atoms with Crippen LogP contribution in [0.3, 0.4) is 0 Å². The molecule has 0 spiro atoms. The van der Waals surface area contributed by atoms with E-state index in [0.29, 0.717) is 0 Å². The zero-order chi connectivity index (χ0) is 21.7. The van der Waals surface area contributed by atoms with Gasteiger partial charge < -0.3 is 10.2 Å². The number of rotatable bonds is 7. The monoisotopic (exact) mass is 479 g/mol. The second-order valence-corrected chi connectivity index (χ2v) is 8.69. The number of nitriles is 1. The van der Waals surface area contributed by atoms with Crippen LogP contribution >= 0.6 is 24.0 Å². The Hall–Kier alpha value is -0.234. The quantitative estimate of drug-likeness (QED) is 0.363. The maximum absolute atomic E-state index is 10.3. The first-order valence-corrected chi connectivity index (χ1v) is 12.5. The Bertz CT molecular complexity index is 793. The minimum absolute atomic E-state index is 0. The molecule has 1 aliphatic heterocycles. The number of piperazine rings is 1. The molecule has 1 saturated heterocycles. The molecule has 0 amide bonds. The van der Waals surface area contributed by atoms with Gasteiger partial charge in [-0.05, 0) is 29.7 Å². The Morgan fingerprint density at radius 3 is 2.58 bits per heavy atom. The van der Waals surface area contributed by atoms with E-state index < -0.39 is 5.41 Å². The fraction of sp³-hybridized carbons (Fsp3) is 0.440. The number of hydrogen-bond donors (Lipinski definition) is 1. The van der Waals surface area contributed by atoms with Gasteiger partial charge in [0.2, 0.25) is 0 Å². The molecular formula is C25H34KN3S2+2. The molecule has 160 valence electrons. The van der Waals surface area contributed by atoms with Crippen molar-refractivity contribution >= 4 is 29.0 Å². The van der Waals surface area contributed by atoms with Crippen LogP contribution in [0.1, 0.15) is 32.3 Å². The van der Waals surface area contributed by atoms with Crippen LogP contribution in [0.4, 0.5) is 0 Å². The summed E-state index contributed by atoms with van der Waals surface area (Å²) in [4.78, 5) is 3.39. The van der Waals surface area contributed by atoms with E-state index in [1.54, 1.807) is 0 Å². The number of quaternary nitrogens is 1. The normalized spacial score (nSPS) is 17.1. The third-order valence-corrected chi connectivity index (χ3v) is 6.91. The summed E-state index contributed by atoms with van der Waals surface area (Å²) in [5.74, 6) is 1.77. The summed E-state index contributed by atoms with van der Waals surface area (Å²) < 4.78 is 0. The van der Waals surface area contributed by atoms with Crippen LogP contribution in [0.25, 0.3) is 0 Å². The fourth-order valence-corrected chi connectivity index (χ4v) is 5.12. The number of hydrogen-bond acceptors (Lipinski definition) is 3. The smallest absolute Gasteiger partial charge is 0.354 e. The van der Waals surface area contributed by atoms with Gasteiger partial charge in [-0.25, -0.2) is 0 Å². The molecule has 2 N–H and O–H groups in total. The average molecular weight is 480 g/mol. The molecule has 1 aromatic rings. The molecule has 1 heterocycles. The van der Waals surface area contributed by atoms with Gasteiger partial charge in [-0.2, -0.15) is 17.0 Å². The van der Waals surface area contributed by atoms with E-state index in [1.165, 1.54) is 0 Å². The molecule has 0 aromatic heterocycles. The summed E-state index contributed by atoms with van der Waals surface area (Å²) in [6.45, 7) is 8.36. The van der Waals surface area contributed by atoms with Gasteiger partial charge in [0.1, 0.15) is 5.41 Å². The van der Waals surface area contributed by atoms with Gasteiger partial charge in [0, 0.05) is 5.75 Å². The largest absolute Gasteiger partial charge is 1.00 e. The van der Waals surface area contributed by atoms with E-state index in [1.807, 2.05) is 49.9 Å². The van der Waals surface area contributed by atoms with Gasteiger partial charge in [-0.15, -0.1) is 0 Å². The summed E-state index contributed by atoms with van der Waals surface area (Å²) in [7, 11) is 0. The zero-order valence-electron chi connectivity index (χ0n) is 19.2. The Balaban J connectivity index is 0.00000156. The van der Waals surface area contributed by atoms with E-state index in [2.05, 4.69) is 52.7 Å². The van der Waals surface area contributed by atoms with Gasteiger partial charge in [0.15, 0.2) is 0 Å². The van der Waals surface area contributed by atoms with Crippen molar-refractivity contribution in [1.82, 2.24) is 4.90 Å². The molecule has 1 atom stereocenters. The molecule has 0 saturated carbocycles. The molecule has 1 fully saturated rings. The van der Waals surface area contributed by atoms with Crippen LogP contribution in [-0.4, -0.2) is 47.6 Å². The first kappa shape index (κ1) is 28.8. The Morgan fingerprint density at radius 2 is 1.90 bits per heavy atom. The van der Waals surface area contributed by atoms with Crippen LogP contribution in [0.5, 0.6) is 0 Å². The molecule has 1 aliphatic carbocycles. The predicted octanol–water partition coefficient (Wildman–Crippen LogP) is 1.25. The SMILES string of the molecule is CC.N#CC(CCSCC(=S)N1CC[NH2+]CC1)(C1=CCC=CC=C1)c1ccccc1.[K+]. The van der Waals surface area contributed by atoms with Gasteiger partial charge in [-0.3, -0.25) is 0 Å². The number of benzene rings is 1. The Labute approximate surface area is 240 Å². The topological polar surface area (TPSA) is 43.6 Å². The number of thioether (sulfide) groups is 1. The van der Waals surface area contributed by atoms with Crippen molar-refractivity contribution in [3.8, 4) is 6.07 Å². The van der Waals surface area contributed by atoms with Crippen LogP contribution in [0.2, 0.25) is 0 Å². The molecule has 0 radical (unpaired) electrons. The van der Waals surface area contributed by atoms with Gasteiger partial charge in [-0.1, -0.05) is 86.8 Å². The molecule has 1 aromatic carbocycles. The van der Waals surface area contributed by atoms with E-state index >= 15 is 0 Å². The zero-order valence-corrected chi connectivity index (χ0v) is 24.0. The predicted molar refractivity (Wildman–Crippen MR) is 134 cm³/mol. The summed E-state index contributed by atoms with van der Waals surface area (Å²) in [5.41, 5.74) is 1.56. The van der Waals surface area contributed by atoms with E-state index in [0.717, 1.165) is 66.7 Å². The number of nitrogens with two attached hydrogens (primary N) is 1. The second kappa shape index (κ2) is 16.4. The first-order chi connectivity index (χ1) is 14.8. The van der Waals surface area contributed by atoms with Crippen molar-refractivity contribution in [2.45, 2.75) is 32.1 Å². The maximum atomic E-state index is 10.3. The van der Waals surface area contributed by atoms with Crippen LogP contribution < -0.4 is 56.7 Å². The second-order valence-electron chi connectivity index (χ2n) is 7.11. The van der Waals surface area contributed by atoms with E-state index in [-0.39, 0.29) is 51.4 Å². The molecule has 0 bridgehead atoms. The minimum atomic E-state index is -0.613. The van der Waals surface area contributed by atoms with Gasteiger partial charge in [0.05, 0.1) is 37.2 Å². The molecular weight excluding hydrogens is 446 g/mol. The molecule has 2 aliphatic rings. The van der Waals surface area contributed by atoms with Crippen molar-refractivity contribution in [3.63, 3.8) is 0 Å². The third kappa shape index (κ3) is 8.56. The van der Waals surface area contributed by atoms with Gasteiger partial charge in [0.25, 0.3) is 0 Å². The molecule has 6 heteroatoms. The number of thiocarbonyl (C=S) groups is 1. The van der Waals surface area contributed by atoms with Crippen LogP contribution in [-0.2, 0) is 5.41 Å². The average Bonchev–Trinajstić information content (AvgIpc) is 3.12. The maximum Gasteiger partial charge on any atom is 1.00 e. The summed E-state index contributed by atoms with van der Waals surface area (Å²) in [6.07, 6.45) is 12.2. The molecule has 3 nitrogen and oxygen atoms in total. The van der Waals surface area contributed by atoms with Crippen LogP contribution in [0, 0.1) is 11.3 Å². The molecule has 3 rings (SSSR count). The Kier molecular flexibility index (Phi) is 15.2. The van der Waals surface area contributed by atoms with Gasteiger partial charge >= 0.3 is 51.4 Å². The molecule has 1 unspecified atom stereocenters. The minimum Gasteiger partial charge on any atom is -0.354 e. The van der Waals surface area contributed by atoms with E-state index in [4.69, 9.17) is 12.2 Å². The number of allylic oxidation sites excluding steroid dienone is 6. The standard InChI is InChI=1S/C23H27N3S2.C2H6.K/c24-19-23(21-10-6-3-7-11-21,20-8-4-1-2-5-9-20)12-17-28-18-22(27)26-15-13-25-14-16-26;1-2;/h1-4,6-11,25H,5,12-18H2;1-2H3;/q;;+1/p+1. The van der Waals surface area contributed by atoms with E-state index in [9.17, 15) is 5.26 Å². The summed E-state index contributed by atoms with van der Waals surface area (Å²) >= 11 is 7.49. The fourth-order valence-electron chi connectivity index (χ4n) is 3.73. The summed E-state index contributed by atoms with van der Waals surface area (Å²) in [5, 5.41) is 12.6. The summed E-state index contributed by atoms with van der Waals surface area (Å²) in [6, 6.07) is 12.9. The van der Waals surface area contributed by atoms with Crippen LogP contribution in [0.15, 0.2) is 66.3 Å².